The number of benzene rings is 2. The van der Waals surface area contributed by atoms with Crippen molar-refractivity contribution < 1.29 is 31.8 Å². The predicted octanol–water partition coefficient (Wildman–Crippen LogP) is 5.41. The number of carbonyl (C=O) groups is 1. The van der Waals surface area contributed by atoms with Crippen LogP contribution in [0.1, 0.15) is 34.0 Å². The summed E-state index contributed by atoms with van der Waals surface area (Å²) in [5.41, 5.74) is 0.638. The molecule has 0 aliphatic carbocycles. The lowest BCUT2D eigenvalue weighted by atomic mass is 9.99. The molecule has 5 rings (SSSR count). The Balaban J connectivity index is 1.61. The molecule has 1 amide bonds. The highest BCUT2D eigenvalue weighted by atomic mass is 19.4. The molecule has 0 spiro atoms. The molecule has 9 nitrogen and oxygen atoms in total. The minimum absolute atomic E-state index is 0.0744. The predicted molar refractivity (Wildman–Crippen MR) is 142 cm³/mol. The molecule has 1 aliphatic rings. The first-order valence-corrected chi connectivity index (χ1v) is 12.6. The van der Waals surface area contributed by atoms with Crippen LogP contribution in [0.15, 0.2) is 48.8 Å². The lowest BCUT2D eigenvalue weighted by Crippen LogP contribution is -2.24. The summed E-state index contributed by atoms with van der Waals surface area (Å²) >= 11 is 0. The first-order chi connectivity index (χ1) is 19.6. The van der Waals surface area contributed by atoms with Gasteiger partial charge in [-0.1, -0.05) is 6.07 Å². The highest BCUT2D eigenvalue weighted by Crippen LogP contribution is 2.41. The minimum Gasteiger partial charge on any atom is -0.370 e. The maximum atomic E-state index is 14.3. The molecule has 0 fully saturated rings. The zero-order valence-corrected chi connectivity index (χ0v) is 22.4. The fourth-order valence-electron chi connectivity index (χ4n) is 4.79. The van der Waals surface area contributed by atoms with E-state index >= 15 is 0 Å². The highest BCUT2D eigenvalue weighted by Gasteiger charge is 2.41. The van der Waals surface area contributed by atoms with Gasteiger partial charge in [0.25, 0.3) is 5.91 Å². The second-order valence-electron chi connectivity index (χ2n) is 9.40. The molecule has 0 radical (unpaired) electrons. The third-order valence-corrected chi connectivity index (χ3v) is 6.57. The van der Waals surface area contributed by atoms with E-state index in [1.807, 2.05) is 6.92 Å². The van der Waals surface area contributed by atoms with E-state index in [4.69, 9.17) is 9.47 Å². The zero-order valence-electron chi connectivity index (χ0n) is 22.4. The van der Waals surface area contributed by atoms with Gasteiger partial charge in [0.1, 0.15) is 30.6 Å². The van der Waals surface area contributed by atoms with Crippen LogP contribution in [0, 0.1) is 5.82 Å². The molecule has 1 aliphatic heterocycles. The number of nitrogens with zero attached hydrogens (tertiary/aromatic N) is 5. The largest absolute Gasteiger partial charge is 0.416 e. The van der Waals surface area contributed by atoms with E-state index in [0.717, 1.165) is 6.07 Å². The lowest BCUT2D eigenvalue weighted by molar-refractivity contribution is -0.138. The molecule has 0 unspecified atom stereocenters. The second-order valence-corrected chi connectivity index (χ2v) is 9.40. The van der Waals surface area contributed by atoms with Gasteiger partial charge < -0.3 is 19.4 Å². The Kier molecular flexibility index (Phi) is 7.74. The number of pyridine rings is 1. The molecule has 0 saturated carbocycles. The molecule has 2 aromatic heterocycles. The smallest absolute Gasteiger partial charge is 0.370 e. The molecule has 2 aromatic carbocycles. The van der Waals surface area contributed by atoms with Gasteiger partial charge in [0, 0.05) is 31.8 Å². The topological polar surface area (TPSA) is 94.4 Å². The van der Waals surface area contributed by atoms with Crippen LogP contribution in [0.5, 0.6) is 0 Å². The summed E-state index contributed by atoms with van der Waals surface area (Å²) in [5.74, 6) is -0.174. The van der Waals surface area contributed by atoms with Crippen LogP contribution in [0.4, 0.5) is 29.2 Å². The second kappa shape index (κ2) is 11.3. The van der Waals surface area contributed by atoms with E-state index in [2.05, 4.69) is 20.5 Å². The summed E-state index contributed by atoms with van der Waals surface area (Å²) in [6.07, 6.45) is -3.21. The van der Waals surface area contributed by atoms with Crippen LogP contribution in [-0.2, 0) is 35.8 Å². The van der Waals surface area contributed by atoms with Gasteiger partial charge in [0.05, 0.1) is 18.7 Å². The summed E-state index contributed by atoms with van der Waals surface area (Å²) in [7, 11) is 3.12. The molecule has 1 N–H and O–H groups in total. The number of methoxy groups -OCH3 is 1. The summed E-state index contributed by atoms with van der Waals surface area (Å²) in [4.78, 5) is 19.3. The van der Waals surface area contributed by atoms with Crippen LogP contribution in [-0.4, -0.2) is 46.1 Å². The SMILES string of the molecule is CCNc1cc(-c2ccc(F)cc2-c2nncn2C)cc(N2Cc3c(cc(COCOC)cc3C(F)(F)F)C2=O)n1. The van der Waals surface area contributed by atoms with Crippen LogP contribution >= 0.6 is 0 Å². The normalized spacial score (nSPS) is 13.1. The number of ether oxygens (including phenoxy) is 2. The quantitative estimate of drug-likeness (QED) is 0.163. The van der Waals surface area contributed by atoms with Crippen molar-refractivity contribution in [3.05, 3.63) is 76.9 Å². The van der Waals surface area contributed by atoms with Gasteiger partial charge in [-0.15, -0.1) is 10.2 Å². The van der Waals surface area contributed by atoms with E-state index in [9.17, 15) is 22.4 Å². The molecule has 3 heterocycles. The molecule has 0 bridgehead atoms. The van der Waals surface area contributed by atoms with Crippen molar-refractivity contribution in [3.63, 3.8) is 0 Å². The highest BCUT2D eigenvalue weighted by molar-refractivity contribution is 6.10. The van der Waals surface area contributed by atoms with Crippen molar-refractivity contribution in [2.45, 2.75) is 26.3 Å². The molecule has 214 valence electrons. The fourth-order valence-corrected chi connectivity index (χ4v) is 4.79. The fraction of sp³-hybridized carbons (Fsp3) is 0.286. The molecule has 4 aromatic rings. The Morgan fingerprint density at radius 3 is 2.56 bits per heavy atom. The maximum absolute atomic E-state index is 14.3. The van der Waals surface area contributed by atoms with Gasteiger partial charge in [0.2, 0.25) is 0 Å². The Labute approximate surface area is 232 Å². The Hall–Kier alpha value is -4.36. The average molecular weight is 571 g/mol. The molecular formula is C28H26F4N6O3. The van der Waals surface area contributed by atoms with Gasteiger partial charge in [0.15, 0.2) is 5.82 Å². The number of rotatable bonds is 9. The van der Waals surface area contributed by atoms with Crippen molar-refractivity contribution in [1.82, 2.24) is 19.7 Å². The number of amides is 1. The van der Waals surface area contributed by atoms with Crippen LogP contribution < -0.4 is 10.2 Å². The summed E-state index contributed by atoms with van der Waals surface area (Å²) in [6, 6.07) is 9.90. The first kappa shape index (κ1) is 28.2. The summed E-state index contributed by atoms with van der Waals surface area (Å²) < 4.78 is 68.3. The number of hydrogen-bond acceptors (Lipinski definition) is 7. The molecule has 41 heavy (non-hydrogen) atoms. The van der Waals surface area contributed by atoms with E-state index in [1.165, 1.54) is 36.5 Å². The van der Waals surface area contributed by atoms with Crippen molar-refractivity contribution in [2.75, 3.05) is 30.7 Å². The lowest BCUT2D eigenvalue weighted by Gasteiger charge is -2.19. The van der Waals surface area contributed by atoms with Gasteiger partial charge in [-0.3, -0.25) is 9.69 Å². The number of aryl methyl sites for hydroxylation is 1. The third-order valence-electron chi connectivity index (χ3n) is 6.57. The number of anilines is 2. The van der Waals surface area contributed by atoms with Crippen LogP contribution in [0.25, 0.3) is 22.5 Å². The van der Waals surface area contributed by atoms with E-state index < -0.39 is 23.5 Å². The zero-order chi connectivity index (χ0) is 29.3. The van der Waals surface area contributed by atoms with Gasteiger partial charge >= 0.3 is 6.18 Å². The van der Waals surface area contributed by atoms with Gasteiger partial charge in [-0.25, -0.2) is 9.37 Å². The van der Waals surface area contributed by atoms with Crippen molar-refractivity contribution in [1.29, 1.82) is 0 Å². The molecule has 13 heteroatoms. The van der Waals surface area contributed by atoms with E-state index in [0.29, 0.717) is 34.9 Å². The maximum Gasteiger partial charge on any atom is 0.416 e. The van der Waals surface area contributed by atoms with E-state index in [1.54, 1.807) is 29.8 Å². The number of halogens is 4. The number of hydrogen-bond donors (Lipinski definition) is 1. The summed E-state index contributed by atoms with van der Waals surface area (Å²) in [5, 5.41) is 11.1. The monoisotopic (exact) mass is 570 g/mol. The van der Waals surface area contributed by atoms with Crippen molar-refractivity contribution in [3.8, 4) is 22.5 Å². The Morgan fingerprint density at radius 1 is 1.07 bits per heavy atom. The summed E-state index contributed by atoms with van der Waals surface area (Å²) in [6.45, 7) is 1.75. The molecular weight excluding hydrogens is 544 g/mol. The number of nitrogens with one attached hydrogen (secondary N) is 1. The number of alkyl halides is 3. The minimum atomic E-state index is -4.69. The molecule has 0 saturated heterocycles. The van der Waals surface area contributed by atoms with Crippen LogP contribution in [0.3, 0.4) is 0 Å². The van der Waals surface area contributed by atoms with E-state index in [-0.39, 0.29) is 42.5 Å². The van der Waals surface area contributed by atoms with Crippen LogP contribution in [0.2, 0.25) is 0 Å². The van der Waals surface area contributed by atoms with Gasteiger partial charge in [-0.2, -0.15) is 13.2 Å². The average Bonchev–Trinajstić information content (AvgIpc) is 3.50. The number of fused-ring (bicyclic) bond motifs is 1. The number of aromatic nitrogens is 4. The first-order valence-electron chi connectivity index (χ1n) is 12.6. The van der Waals surface area contributed by atoms with Crippen molar-refractivity contribution >= 4 is 17.5 Å². The van der Waals surface area contributed by atoms with Crippen molar-refractivity contribution in [2.24, 2.45) is 7.05 Å². The van der Waals surface area contributed by atoms with Gasteiger partial charge in [-0.05, 0) is 65.6 Å². The third kappa shape index (κ3) is 5.63. The standard InChI is InChI=1S/C28H26F4N6O3/c1-4-33-24-9-17(19-6-5-18(29)11-20(19)26-36-34-14-37(26)2)10-25(35-24)38-12-22-21(27(38)39)7-16(13-41-15-40-3)8-23(22)28(30,31)32/h5-11,14H,4,12-13,15H2,1-3H3,(H,33,35). The molecule has 0 atom stereocenters. The Morgan fingerprint density at radius 2 is 1.88 bits per heavy atom. The Bertz CT molecular complexity index is 1600. The number of carbonyl (C=O) groups excluding carboxylic acids is 1.